The molecule has 2 aliphatic rings. The Morgan fingerprint density at radius 3 is 2.54 bits per heavy atom. The maximum Gasteiger partial charge on any atom is 0.322 e. The molecule has 28 heavy (non-hydrogen) atoms. The summed E-state index contributed by atoms with van der Waals surface area (Å²) in [7, 11) is 0. The van der Waals surface area contributed by atoms with Gasteiger partial charge in [-0.15, -0.1) is 5.10 Å². The van der Waals surface area contributed by atoms with Crippen molar-refractivity contribution in [3.05, 3.63) is 41.6 Å². The minimum atomic E-state index is -0.130. The first kappa shape index (κ1) is 18.8. The molecule has 1 aromatic carbocycles. The van der Waals surface area contributed by atoms with Gasteiger partial charge >= 0.3 is 6.03 Å². The number of nitrogens with one attached hydrogen (secondary N) is 1. The maximum atomic E-state index is 12.5. The molecule has 1 N–H and O–H groups in total. The van der Waals surface area contributed by atoms with Crippen LogP contribution in [0.15, 0.2) is 36.5 Å². The van der Waals surface area contributed by atoms with Crippen molar-refractivity contribution in [3.63, 3.8) is 0 Å². The van der Waals surface area contributed by atoms with Crippen LogP contribution in [0, 0.1) is 0 Å². The van der Waals surface area contributed by atoms with Crippen molar-refractivity contribution in [2.24, 2.45) is 0 Å². The molecule has 8 nitrogen and oxygen atoms in total. The lowest BCUT2D eigenvalue weighted by Crippen LogP contribution is -2.50. The van der Waals surface area contributed by atoms with Gasteiger partial charge in [0.2, 0.25) is 0 Å². The van der Waals surface area contributed by atoms with E-state index in [4.69, 9.17) is 16.3 Å². The van der Waals surface area contributed by atoms with Crippen LogP contribution in [0.1, 0.15) is 0 Å². The minimum Gasteiger partial charge on any atom is -0.378 e. The number of nitrogens with zero attached hydrogens (tertiary/aromatic N) is 5. The van der Waals surface area contributed by atoms with Crippen LogP contribution < -0.4 is 15.1 Å². The molecule has 0 unspecified atom stereocenters. The van der Waals surface area contributed by atoms with E-state index in [-0.39, 0.29) is 6.03 Å². The third kappa shape index (κ3) is 4.28. The summed E-state index contributed by atoms with van der Waals surface area (Å²) in [5.74, 6) is 0.875. The molecule has 2 amide bonds. The topological polar surface area (TPSA) is 73.8 Å². The van der Waals surface area contributed by atoms with E-state index in [9.17, 15) is 4.79 Å². The lowest BCUT2D eigenvalue weighted by Gasteiger charge is -2.36. The summed E-state index contributed by atoms with van der Waals surface area (Å²) in [6.45, 7) is 5.82. The predicted octanol–water partition coefficient (Wildman–Crippen LogP) is 2.32. The molecule has 0 spiro atoms. The van der Waals surface area contributed by atoms with Crippen LogP contribution in [0.2, 0.25) is 5.02 Å². The molecule has 0 bridgehead atoms. The van der Waals surface area contributed by atoms with E-state index in [1.54, 1.807) is 23.2 Å². The number of amides is 2. The smallest absolute Gasteiger partial charge is 0.322 e. The van der Waals surface area contributed by atoms with Gasteiger partial charge in [-0.3, -0.25) is 0 Å². The number of rotatable bonds is 3. The van der Waals surface area contributed by atoms with Gasteiger partial charge in [-0.25, -0.2) is 4.79 Å². The number of urea groups is 1. The highest BCUT2D eigenvalue weighted by molar-refractivity contribution is 6.33. The number of anilines is 3. The van der Waals surface area contributed by atoms with Crippen molar-refractivity contribution < 1.29 is 9.53 Å². The summed E-state index contributed by atoms with van der Waals surface area (Å²) in [6.07, 6.45) is 1.78. The summed E-state index contributed by atoms with van der Waals surface area (Å²) in [5.41, 5.74) is 1.66. The highest BCUT2D eigenvalue weighted by Crippen LogP contribution is 2.23. The summed E-state index contributed by atoms with van der Waals surface area (Å²) >= 11 is 6.12. The zero-order valence-corrected chi connectivity index (χ0v) is 16.3. The summed E-state index contributed by atoms with van der Waals surface area (Å²) in [5, 5.41) is 11.9. The van der Waals surface area contributed by atoms with Crippen molar-refractivity contribution in [1.29, 1.82) is 0 Å². The monoisotopic (exact) mass is 402 g/mol. The SMILES string of the molecule is O=C(Nc1ccccc1Cl)N1CCN(c2cnnc(N3CCOCC3)c2)CC1. The molecular formula is C19H23ClN6O2. The lowest BCUT2D eigenvalue weighted by atomic mass is 10.2. The van der Waals surface area contributed by atoms with Gasteiger partial charge in [-0.05, 0) is 12.1 Å². The average Bonchev–Trinajstić information content (AvgIpc) is 2.76. The number of piperazine rings is 1. The Hall–Kier alpha value is -2.58. The number of ether oxygens (including phenoxy) is 1. The molecule has 9 heteroatoms. The van der Waals surface area contributed by atoms with E-state index in [1.807, 2.05) is 12.1 Å². The van der Waals surface area contributed by atoms with Crippen LogP contribution in [0.25, 0.3) is 0 Å². The van der Waals surface area contributed by atoms with Crippen LogP contribution in [0.4, 0.5) is 22.0 Å². The normalized spacial score (nSPS) is 17.5. The molecule has 4 rings (SSSR count). The summed E-state index contributed by atoms with van der Waals surface area (Å²) in [4.78, 5) is 18.7. The average molecular weight is 403 g/mol. The molecule has 148 valence electrons. The second kappa shape index (κ2) is 8.62. The highest BCUT2D eigenvalue weighted by Gasteiger charge is 2.23. The van der Waals surface area contributed by atoms with E-state index in [0.717, 1.165) is 37.7 Å². The van der Waals surface area contributed by atoms with Gasteiger partial charge < -0.3 is 24.8 Å². The molecule has 0 aliphatic carbocycles. The first-order valence-electron chi connectivity index (χ1n) is 9.41. The van der Waals surface area contributed by atoms with E-state index >= 15 is 0 Å². The molecule has 0 atom stereocenters. The lowest BCUT2D eigenvalue weighted by molar-refractivity contribution is 0.122. The zero-order chi connectivity index (χ0) is 19.3. The molecular weight excluding hydrogens is 380 g/mol. The molecule has 1 aromatic heterocycles. The summed E-state index contributed by atoms with van der Waals surface area (Å²) < 4.78 is 5.40. The van der Waals surface area contributed by atoms with E-state index in [1.165, 1.54) is 0 Å². The number of hydrogen-bond acceptors (Lipinski definition) is 6. The predicted molar refractivity (Wildman–Crippen MR) is 109 cm³/mol. The molecule has 2 saturated heterocycles. The Kier molecular flexibility index (Phi) is 5.78. The standard InChI is InChI=1S/C19H23ClN6O2/c20-16-3-1-2-4-17(16)22-19(27)26-7-5-24(6-8-26)15-13-18(23-21-14-15)25-9-11-28-12-10-25/h1-4,13-14H,5-12H2,(H,22,27). The van der Waals surface area contributed by atoms with Gasteiger partial charge in [-0.2, -0.15) is 5.10 Å². The fraction of sp³-hybridized carbons (Fsp3) is 0.421. The number of carbonyl (C=O) groups excluding carboxylic acids is 1. The van der Waals surface area contributed by atoms with Crippen molar-refractivity contribution in [2.45, 2.75) is 0 Å². The second-order valence-corrected chi connectivity index (χ2v) is 7.16. The second-order valence-electron chi connectivity index (χ2n) is 6.76. The first-order chi connectivity index (χ1) is 13.7. The van der Waals surface area contributed by atoms with Crippen LogP contribution in [0.3, 0.4) is 0 Å². The number of aromatic nitrogens is 2. The van der Waals surface area contributed by atoms with Crippen molar-refractivity contribution in [2.75, 3.05) is 67.6 Å². The van der Waals surface area contributed by atoms with Crippen LogP contribution in [-0.4, -0.2) is 73.6 Å². The van der Waals surface area contributed by atoms with Gasteiger partial charge in [0, 0.05) is 45.3 Å². The van der Waals surface area contributed by atoms with Gasteiger partial charge in [0.25, 0.3) is 0 Å². The third-order valence-corrected chi connectivity index (χ3v) is 5.34. The Morgan fingerprint density at radius 1 is 1.04 bits per heavy atom. The number of benzene rings is 1. The Bertz CT molecular complexity index is 822. The largest absolute Gasteiger partial charge is 0.378 e. The number of morpholine rings is 1. The van der Waals surface area contributed by atoms with Crippen LogP contribution >= 0.6 is 11.6 Å². The minimum absolute atomic E-state index is 0.130. The molecule has 2 aliphatic heterocycles. The van der Waals surface area contributed by atoms with Gasteiger partial charge in [0.05, 0.1) is 35.8 Å². The highest BCUT2D eigenvalue weighted by atomic mass is 35.5. The third-order valence-electron chi connectivity index (χ3n) is 5.01. The first-order valence-corrected chi connectivity index (χ1v) is 9.79. The van der Waals surface area contributed by atoms with Gasteiger partial charge in [-0.1, -0.05) is 23.7 Å². The van der Waals surface area contributed by atoms with Crippen LogP contribution in [-0.2, 0) is 4.74 Å². The quantitative estimate of drug-likeness (QED) is 0.849. The number of para-hydroxylation sites is 1. The number of hydrogen-bond donors (Lipinski definition) is 1. The van der Waals surface area contributed by atoms with E-state index < -0.39 is 0 Å². The van der Waals surface area contributed by atoms with Crippen molar-refractivity contribution >= 4 is 34.8 Å². The fourth-order valence-electron chi connectivity index (χ4n) is 3.39. The summed E-state index contributed by atoms with van der Waals surface area (Å²) in [6, 6.07) is 9.18. The Balaban J connectivity index is 1.35. The van der Waals surface area contributed by atoms with Gasteiger partial charge in [0.1, 0.15) is 0 Å². The zero-order valence-electron chi connectivity index (χ0n) is 15.6. The van der Waals surface area contributed by atoms with E-state index in [0.29, 0.717) is 37.0 Å². The molecule has 0 saturated carbocycles. The van der Waals surface area contributed by atoms with Crippen LogP contribution in [0.5, 0.6) is 0 Å². The molecule has 3 heterocycles. The Morgan fingerprint density at radius 2 is 1.79 bits per heavy atom. The fourth-order valence-corrected chi connectivity index (χ4v) is 3.57. The van der Waals surface area contributed by atoms with Gasteiger partial charge in [0.15, 0.2) is 5.82 Å². The Labute approximate surface area is 169 Å². The molecule has 0 radical (unpaired) electrons. The number of halogens is 1. The van der Waals surface area contributed by atoms with Crippen molar-refractivity contribution in [3.8, 4) is 0 Å². The maximum absolute atomic E-state index is 12.5. The van der Waals surface area contributed by atoms with E-state index in [2.05, 4.69) is 31.4 Å². The molecule has 2 fully saturated rings. The number of carbonyl (C=O) groups is 1. The molecule has 2 aromatic rings. The van der Waals surface area contributed by atoms with Crippen molar-refractivity contribution in [1.82, 2.24) is 15.1 Å².